The first-order valence-electron chi connectivity index (χ1n) is 2.20. The van der Waals surface area contributed by atoms with E-state index in [0.717, 1.165) is 0 Å². The Hall–Kier alpha value is 0.460. The largest absolute Gasteiger partial charge is 0.412 e. The van der Waals surface area contributed by atoms with Crippen LogP contribution in [0.4, 0.5) is 0 Å². The highest BCUT2D eigenvalue weighted by Gasteiger charge is 2.13. The summed E-state index contributed by atoms with van der Waals surface area (Å²) in [5.74, 6) is 0. The molecule has 0 unspecified atom stereocenters. The lowest BCUT2D eigenvalue weighted by molar-refractivity contribution is 0.0465. The Kier molecular flexibility index (Phi) is 5.82. The third-order valence-corrected chi connectivity index (χ3v) is 0.681. The molecule has 0 radical (unpaired) electrons. The molecule has 4 N–H and O–H groups in total. The smallest absolute Gasteiger partial charge is 0.160 e. The quantitative estimate of drug-likeness (QED) is 0.359. The Morgan fingerprint density at radius 3 is 1.78 bits per heavy atom. The zero-order valence-electron chi connectivity index (χ0n) is 5.28. The molecule has 0 aliphatic heterocycles. The van der Waals surface area contributed by atoms with Gasteiger partial charge in [-0.15, -0.1) is 0 Å². The van der Waals surface area contributed by atoms with Gasteiger partial charge >= 0.3 is 0 Å². The lowest BCUT2D eigenvalue weighted by Gasteiger charge is -2.19. The van der Waals surface area contributed by atoms with E-state index in [9.17, 15) is 0 Å². The summed E-state index contributed by atoms with van der Waals surface area (Å²) < 4.78 is 0. The van der Waals surface area contributed by atoms with Crippen LogP contribution in [0.5, 0.6) is 0 Å². The van der Waals surface area contributed by atoms with Gasteiger partial charge in [-0.2, -0.15) is 0 Å². The maximum Gasteiger partial charge on any atom is 0.160 e. The highest BCUT2D eigenvalue weighted by atomic mass is 35.5. The van der Waals surface area contributed by atoms with Crippen molar-refractivity contribution in [2.75, 3.05) is 0 Å². The number of rotatable bonds is 2. The molecule has 0 amide bonds. The number of hydrogen-bond acceptors (Lipinski definition) is 2. The van der Waals surface area contributed by atoms with Crippen molar-refractivity contribution >= 4 is 23.2 Å². The fraction of sp³-hybridized carbons (Fsp3) is 1.00. The Morgan fingerprint density at radius 1 is 1.44 bits per heavy atom. The second-order valence-electron chi connectivity index (χ2n) is 2.00. The molecular weight excluding hydrogens is 165 g/mol. The van der Waals surface area contributed by atoms with E-state index < -0.39 is 10.7 Å². The van der Waals surface area contributed by atoms with Crippen LogP contribution in [0.2, 0.25) is 0 Å². The summed E-state index contributed by atoms with van der Waals surface area (Å²) in [6.45, 7) is 3.12. The standard InChI is InChI=1S/C4H9Cl2NO.H2O/c1-4(2,8)7-3(5)6;/h3,7-8H,1-2H3;1H2. The predicted molar refractivity (Wildman–Crippen MR) is 38.5 cm³/mol. The summed E-state index contributed by atoms with van der Waals surface area (Å²) in [4.78, 5) is -0.713. The molecule has 0 saturated heterocycles. The Labute approximate surface area is 64.3 Å². The maximum atomic E-state index is 8.91. The van der Waals surface area contributed by atoms with Gasteiger partial charge in [0.25, 0.3) is 0 Å². The van der Waals surface area contributed by atoms with Crippen molar-refractivity contribution in [3.8, 4) is 0 Å². The Morgan fingerprint density at radius 2 is 1.78 bits per heavy atom. The van der Waals surface area contributed by atoms with Gasteiger partial charge in [0.1, 0.15) is 5.72 Å². The first-order valence-corrected chi connectivity index (χ1v) is 3.07. The molecule has 3 nitrogen and oxygen atoms in total. The van der Waals surface area contributed by atoms with E-state index in [0.29, 0.717) is 0 Å². The second kappa shape index (κ2) is 4.30. The van der Waals surface area contributed by atoms with E-state index >= 15 is 0 Å². The Balaban J connectivity index is 0. The molecule has 5 heteroatoms. The van der Waals surface area contributed by atoms with Gasteiger partial charge in [0, 0.05) is 0 Å². The molecule has 0 atom stereocenters. The summed E-state index contributed by atoms with van der Waals surface area (Å²) in [6.07, 6.45) is 0. The third-order valence-electron chi connectivity index (χ3n) is 0.462. The van der Waals surface area contributed by atoms with Crippen molar-refractivity contribution in [3.63, 3.8) is 0 Å². The first-order chi connectivity index (χ1) is 3.42. The zero-order valence-corrected chi connectivity index (χ0v) is 6.79. The van der Waals surface area contributed by atoms with Crippen LogP contribution < -0.4 is 5.32 Å². The van der Waals surface area contributed by atoms with E-state index in [2.05, 4.69) is 5.32 Å². The summed E-state index contributed by atoms with van der Waals surface area (Å²) in [5.41, 5.74) is -0.992. The lowest BCUT2D eigenvalue weighted by Crippen LogP contribution is -2.41. The van der Waals surface area contributed by atoms with Gasteiger partial charge < -0.3 is 10.6 Å². The van der Waals surface area contributed by atoms with Gasteiger partial charge in [-0.05, 0) is 13.8 Å². The number of nitrogens with one attached hydrogen (secondary N) is 1. The summed E-state index contributed by atoms with van der Waals surface area (Å²) in [7, 11) is 0. The summed E-state index contributed by atoms with van der Waals surface area (Å²) >= 11 is 10.5. The van der Waals surface area contributed by atoms with Gasteiger partial charge in [0.05, 0.1) is 0 Å². The van der Waals surface area contributed by atoms with Crippen LogP contribution in [0.1, 0.15) is 13.8 Å². The van der Waals surface area contributed by atoms with Crippen LogP contribution in [-0.4, -0.2) is 21.3 Å². The van der Waals surface area contributed by atoms with Crippen molar-refractivity contribution in [1.82, 2.24) is 5.32 Å². The molecule has 0 bridgehead atoms. The topological polar surface area (TPSA) is 63.8 Å². The fourth-order valence-electron chi connectivity index (χ4n) is 0.267. The number of halogens is 2. The lowest BCUT2D eigenvalue weighted by atomic mass is 10.3. The molecule has 58 valence electrons. The molecule has 0 saturated carbocycles. The minimum atomic E-state index is -0.992. The molecule has 0 fully saturated rings. The minimum absolute atomic E-state index is 0. The molecule has 0 aliphatic carbocycles. The monoisotopic (exact) mass is 175 g/mol. The molecule has 9 heavy (non-hydrogen) atoms. The first kappa shape index (κ1) is 12.2. The molecule has 0 aromatic carbocycles. The van der Waals surface area contributed by atoms with E-state index in [1.807, 2.05) is 0 Å². The average Bonchev–Trinajstić information content (AvgIpc) is 1.21. The van der Waals surface area contributed by atoms with Crippen LogP contribution >= 0.6 is 23.2 Å². The van der Waals surface area contributed by atoms with Gasteiger partial charge in [-0.25, -0.2) is 0 Å². The van der Waals surface area contributed by atoms with Gasteiger partial charge in [0.2, 0.25) is 0 Å². The van der Waals surface area contributed by atoms with Crippen LogP contribution in [0.3, 0.4) is 0 Å². The van der Waals surface area contributed by atoms with Gasteiger partial charge in [-0.1, -0.05) is 23.2 Å². The third kappa shape index (κ3) is 11.8. The van der Waals surface area contributed by atoms with Gasteiger partial charge in [-0.3, -0.25) is 5.32 Å². The highest BCUT2D eigenvalue weighted by molar-refractivity contribution is 6.43. The number of aliphatic hydroxyl groups is 1. The van der Waals surface area contributed by atoms with Crippen LogP contribution in [0, 0.1) is 0 Å². The minimum Gasteiger partial charge on any atom is -0.412 e. The normalized spacial score (nSPS) is 11.3. The van der Waals surface area contributed by atoms with Crippen LogP contribution in [0.25, 0.3) is 0 Å². The van der Waals surface area contributed by atoms with Crippen molar-refractivity contribution in [2.45, 2.75) is 24.5 Å². The summed E-state index contributed by atoms with van der Waals surface area (Å²) in [5, 5.41) is 11.4. The molecule has 0 rings (SSSR count). The molecule has 0 spiro atoms. The highest BCUT2D eigenvalue weighted by Crippen LogP contribution is 2.03. The number of hydrogen-bond donors (Lipinski definition) is 2. The van der Waals surface area contributed by atoms with E-state index in [1.54, 1.807) is 13.8 Å². The van der Waals surface area contributed by atoms with E-state index in [1.165, 1.54) is 0 Å². The summed E-state index contributed by atoms with van der Waals surface area (Å²) in [6, 6.07) is 0. The van der Waals surface area contributed by atoms with E-state index in [-0.39, 0.29) is 5.48 Å². The second-order valence-corrected chi connectivity index (χ2v) is 3.10. The molecule has 0 heterocycles. The number of alkyl halides is 2. The van der Waals surface area contributed by atoms with Gasteiger partial charge in [0.15, 0.2) is 4.96 Å². The SMILES string of the molecule is CC(C)(O)NC(Cl)Cl.O. The van der Waals surface area contributed by atoms with Crippen molar-refractivity contribution in [1.29, 1.82) is 0 Å². The molecular formula is C4H11Cl2NO2. The van der Waals surface area contributed by atoms with Crippen molar-refractivity contribution in [3.05, 3.63) is 0 Å². The molecule has 0 aromatic rings. The average molecular weight is 176 g/mol. The fourth-order valence-corrected chi connectivity index (χ4v) is 0.801. The van der Waals surface area contributed by atoms with Crippen molar-refractivity contribution in [2.24, 2.45) is 0 Å². The Bertz CT molecular complexity index is 71.5. The van der Waals surface area contributed by atoms with Crippen LogP contribution in [-0.2, 0) is 0 Å². The van der Waals surface area contributed by atoms with E-state index in [4.69, 9.17) is 28.3 Å². The predicted octanol–water partition coefficient (Wildman–Crippen LogP) is 0.241. The zero-order chi connectivity index (χ0) is 6.78. The molecule has 0 aromatic heterocycles. The van der Waals surface area contributed by atoms with Crippen LogP contribution in [0.15, 0.2) is 0 Å². The van der Waals surface area contributed by atoms with Crippen molar-refractivity contribution < 1.29 is 10.6 Å². The maximum absolute atomic E-state index is 8.91. The molecule has 0 aliphatic rings.